The number of sulfonamides is 1. The maximum atomic E-state index is 12.4. The van der Waals surface area contributed by atoms with E-state index in [1.165, 1.54) is 12.1 Å². The van der Waals surface area contributed by atoms with Crippen molar-refractivity contribution < 1.29 is 36.2 Å². The van der Waals surface area contributed by atoms with Gasteiger partial charge in [-0.2, -0.15) is 4.72 Å². The standard InChI is InChI=1S/C15H11BrF3NO5S/c16-12-4-2-1-3-11(12)13(14(21)22)20-26(23,24)10-7-5-9(6-8-10)25-15(17,18)19/h1-8,13,20H,(H,21,22)/t13-/m1/s1. The minimum Gasteiger partial charge on any atom is -0.480 e. The SMILES string of the molecule is O=C(O)[C@H](NS(=O)(=O)c1ccc(OC(F)(F)F)cc1)c1ccccc1Br. The Labute approximate surface area is 154 Å². The molecule has 0 heterocycles. The molecule has 0 radical (unpaired) electrons. The number of carboxylic acid groups (broad SMARTS) is 1. The predicted octanol–water partition coefficient (Wildman–Crippen LogP) is 3.45. The van der Waals surface area contributed by atoms with E-state index in [0.717, 1.165) is 24.3 Å². The summed E-state index contributed by atoms with van der Waals surface area (Å²) >= 11 is 3.15. The van der Waals surface area contributed by atoms with Gasteiger partial charge in [0.25, 0.3) is 0 Å². The van der Waals surface area contributed by atoms with Crippen molar-refractivity contribution in [1.82, 2.24) is 4.72 Å². The van der Waals surface area contributed by atoms with Gasteiger partial charge in [-0.15, -0.1) is 13.2 Å². The first kappa shape index (κ1) is 20.2. The van der Waals surface area contributed by atoms with Gasteiger partial charge >= 0.3 is 12.3 Å². The van der Waals surface area contributed by atoms with E-state index in [0.29, 0.717) is 4.47 Å². The second-order valence-electron chi connectivity index (χ2n) is 4.93. The maximum Gasteiger partial charge on any atom is 0.573 e. The summed E-state index contributed by atoms with van der Waals surface area (Å²) in [5, 5.41) is 9.34. The zero-order chi connectivity index (χ0) is 19.5. The molecule has 0 saturated heterocycles. The number of ether oxygens (including phenoxy) is 1. The van der Waals surface area contributed by atoms with Crippen LogP contribution in [0.2, 0.25) is 0 Å². The monoisotopic (exact) mass is 453 g/mol. The van der Waals surface area contributed by atoms with E-state index in [9.17, 15) is 31.5 Å². The van der Waals surface area contributed by atoms with Gasteiger partial charge in [0.2, 0.25) is 10.0 Å². The Hall–Kier alpha value is -2.11. The maximum absolute atomic E-state index is 12.4. The molecule has 0 fully saturated rings. The van der Waals surface area contributed by atoms with E-state index in [-0.39, 0.29) is 5.56 Å². The number of benzene rings is 2. The molecule has 0 amide bonds. The van der Waals surface area contributed by atoms with E-state index in [2.05, 4.69) is 20.7 Å². The number of hydrogen-bond donors (Lipinski definition) is 2. The van der Waals surface area contributed by atoms with Crippen molar-refractivity contribution in [3.8, 4) is 5.75 Å². The molecule has 0 bridgehead atoms. The number of aliphatic carboxylic acids is 1. The minimum atomic E-state index is -4.91. The summed E-state index contributed by atoms with van der Waals surface area (Å²) in [4.78, 5) is 11.1. The van der Waals surface area contributed by atoms with Gasteiger partial charge in [-0.05, 0) is 35.9 Å². The fraction of sp³-hybridized carbons (Fsp3) is 0.133. The molecule has 140 valence electrons. The molecule has 0 aromatic heterocycles. The van der Waals surface area contributed by atoms with Crippen molar-refractivity contribution in [3.63, 3.8) is 0 Å². The molecule has 0 aliphatic heterocycles. The first-order chi connectivity index (χ1) is 12.0. The van der Waals surface area contributed by atoms with Crippen LogP contribution >= 0.6 is 15.9 Å². The number of rotatable bonds is 6. The molecule has 6 nitrogen and oxygen atoms in total. The van der Waals surface area contributed by atoms with Gasteiger partial charge in [-0.1, -0.05) is 34.1 Å². The van der Waals surface area contributed by atoms with Crippen LogP contribution in [-0.4, -0.2) is 25.9 Å². The normalized spacial score (nSPS) is 13.2. The molecule has 0 saturated carbocycles. The Morgan fingerprint density at radius 3 is 2.19 bits per heavy atom. The Morgan fingerprint density at radius 2 is 1.69 bits per heavy atom. The smallest absolute Gasteiger partial charge is 0.480 e. The van der Waals surface area contributed by atoms with E-state index >= 15 is 0 Å². The van der Waals surface area contributed by atoms with Crippen molar-refractivity contribution in [3.05, 3.63) is 58.6 Å². The first-order valence-electron chi connectivity index (χ1n) is 6.85. The average molecular weight is 454 g/mol. The van der Waals surface area contributed by atoms with Gasteiger partial charge in [0.1, 0.15) is 11.8 Å². The van der Waals surface area contributed by atoms with E-state index in [4.69, 9.17) is 0 Å². The highest BCUT2D eigenvalue weighted by Gasteiger charge is 2.32. The average Bonchev–Trinajstić information content (AvgIpc) is 2.52. The topological polar surface area (TPSA) is 92.7 Å². The number of alkyl halides is 3. The molecular formula is C15H11BrF3NO5S. The molecule has 2 N–H and O–H groups in total. The molecule has 11 heteroatoms. The molecule has 26 heavy (non-hydrogen) atoms. The summed E-state index contributed by atoms with van der Waals surface area (Å²) in [6.07, 6.45) is -4.91. The third-order valence-electron chi connectivity index (χ3n) is 3.10. The lowest BCUT2D eigenvalue weighted by Gasteiger charge is -2.17. The lowest BCUT2D eigenvalue weighted by molar-refractivity contribution is -0.274. The number of nitrogens with one attached hydrogen (secondary N) is 1. The molecule has 0 aliphatic carbocycles. The van der Waals surface area contributed by atoms with E-state index in [1.807, 2.05) is 4.72 Å². The quantitative estimate of drug-likeness (QED) is 0.698. The molecule has 2 rings (SSSR count). The number of carbonyl (C=O) groups is 1. The predicted molar refractivity (Wildman–Crippen MR) is 88.0 cm³/mol. The molecular weight excluding hydrogens is 443 g/mol. The van der Waals surface area contributed by atoms with Gasteiger partial charge in [-0.3, -0.25) is 4.79 Å². The summed E-state index contributed by atoms with van der Waals surface area (Å²) in [6, 6.07) is 7.92. The Bertz CT molecular complexity index is 900. The first-order valence-corrected chi connectivity index (χ1v) is 9.12. The fourth-order valence-corrected chi connectivity index (χ4v) is 3.68. The highest BCUT2D eigenvalue weighted by atomic mass is 79.9. The van der Waals surface area contributed by atoms with Crippen molar-refractivity contribution in [2.45, 2.75) is 17.3 Å². The zero-order valence-electron chi connectivity index (χ0n) is 12.7. The molecule has 1 atom stereocenters. The van der Waals surface area contributed by atoms with Crippen LogP contribution in [0.25, 0.3) is 0 Å². The highest BCUT2D eigenvalue weighted by Crippen LogP contribution is 2.27. The van der Waals surface area contributed by atoms with Gasteiger partial charge in [0.15, 0.2) is 0 Å². The van der Waals surface area contributed by atoms with Crippen LogP contribution in [0.1, 0.15) is 11.6 Å². The summed E-state index contributed by atoms with van der Waals surface area (Å²) in [5.41, 5.74) is 0.167. The lowest BCUT2D eigenvalue weighted by Crippen LogP contribution is -2.34. The van der Waals surface area contributed by atoms with Crippen LogP contribution in [0.5, 0.6) is 5.75 Å². The molecule has 2 aromatic rings. The van der Waals surface area contributed by atoms with E-state index in [1.54, 1.807) is 12.1 Å². The van der Waals surface area contributed by atoms with Crippen LogP contribution in [-0.2, 0) is 14.8 Å². The molecule has 0 aliphatic rings. The van der Waals surface area contributed by atoms with Gasteiger partial charge in [0, 0.05) is 4.47 Å². The van der Waals surface area contributed by atoms with Gasteiger partial charge in [-0.25, -0.2) is 8.42 Å². The van der Waals surface area contributed by atoms with Crippen molar-refractivity contribution in [1.29, 1.82) is 0 Å². The van der Waals surface area contributed by atoms with Crippen molar-refractivity contribution in [2.75, 3.05) is 0 Å². The lowest BCUT2D eigenvalue weighted by atomic mass is 10.1. The molecule has 2 aromatic carbocycles. The third-order valence-corrected chi connectivity index (χ3v) is 5.26. The summed E-state index contributed by atoms with van der Waals surface area (Å²) in [6.45, 7) is 0. The third kappa shape index (κ3) is 5.19. The fourth-order valence-electron chi connectivity index (χ4n) is 2.00. The van der Waals surface area contributed by atoms with Crippen LogP contribution in [0.15, 0.2) is 57.9 Å². The number of halogens is 4. The van der Waals surface area contributed by atoms with Crippen LogP contribution in [0, 0.1) is 0 Å². The van der Waals surface area contributed by atoms with Gasteiger partial charge in [0.05, 0.1) is 4.90 Å². The Kier molecular flexibility index (Phi) is 5.94. The number of carboxylic acids is 1. The number of hydrogen-bond acceptors (Lipinski definition) is 4. The molecule has 0 unspecified atom stereocenters. The Balaban J connectivity index is 2.28. The Morgan fingerprint density at radius 1 is 1.12 bits per heavy atom. The second kappa shape index (κ2) is 7.64. The summed E-state index contributed by atoms with van der Waals surface area (Å²) < 4.78 is 67.2. The van der Waals surface area contributed by atoms with Crippen molar-refractivity contribution in [2.24, 2.45) is 0 Å². The molecule has 0 spiro atoms. The summed E-state index contributed by atoms with van der Waals surface area (Å²) in [7, 11) is -4.32. The van der Waals surface area contributed by atoms with Crippen LogP contribution < -0.4 is 9.46 Å². The van der Waals surface area contributed by atoms with Crippen LogP contribution in [0.3, 0.4) is 0 Å². The zero-order valence-corrected chi connectivity index (χ0v) is 15.1. The second-order valence-corrected chi connectivity index (χ2v) is 7.50. The minimum absolute atomic E-state index is 0.167. The van der Waals surface area contributed by atoms with Crippen molar-refractivity contribution >= 4 is 31.9 Å². The van der Waals surface area contributed by atoms with Gasteiger partial charge < -0.3 is 9.84 Å². The summed E-state index contributed by atoms with van der Waals surface area (Å²) in [5.74, 6) is -2.05. The highest BCUT2D eigenvalue weighted by molar-refractivity contribution is 9.10. The largest absolute Gasteiger partial charge is 0.573 e. The van der Waals surface area contributed by atoms with E-state index < -0.39 is 39.0 Å². The van der Waals surface area contributed by atoms with Crippen LogP contribution in [0.4, 0.5) is 13.2 Å².